The van der Waals surface area contributed by atoms with Gasteiger partial charge in [0.05, 0.1) is 0 Å². The Morgan fingerprint density at radius 1 is 0.893 bits per heavy atom. The second-order valence-corrected chi connectivity index (χ2v) is 6.93. The number of anilines is 2. The van der Waals surface area contributed by atoms with Crippen LogP contribution in [0.25, 0.3) is 0 Å². The summed E-state index contributed by atoms with van der Waals surface area (Å²) in [6, 6.07) is 6.29. The second-order valence-electron chi connectivity index (χ2n) is 6.93. The van der Waals surface area contributed by atoms with Gasteiger partial charge in [0, 0.05) is 43.5 Å². The van der Waals surface area contributed by atoms with Crippen molar-refractivity contribution in [3.05, 3.63) is 24.3 Å². The van der Waals surface area contributed by atoms with Crippen molar-refractivity contribution in [2.24, 2.45) is 5.92 Å². The standard InChI is InChI=1S/C18H21F3N4O3/c19-18(20,21)11-15(26)24-7-9-25(10-8-24)17(28)23-14-5-3-13(4-6-14)22-16(27)12-1-2-12/h3-6,12H,1-2,7-11H2,(H,22,27)(H,23,28). The summed E-state index contributed by atoms with van der Waals surface area (Å²) in [5.74, 6) is -0.882. The van der Waals surface area contributed by atoms with E-state index < -0.39 is 24.5 Å². The Morgan fingerprint density at radius 3 is 1.89 bits per heavy atom. The van der Waals surface area contributed by atoms with Gasteiger partial charge >= 0.3 is 12.2 Å². The van der Waals surface area contributed by atoms with E-state index in [-0.39, 0.29) is 38.0 Å². The number of nitrogens with one attached hydrogen (secondary N) is 2. The third-order valence-corrected chi connectivity index (χ3v) is 4.62. The van der Waals surface area contributed by atoms with Crippen LogP contribution in [0, 0.1) is 5.92 Å². The van der Waals surface area contributed by atoms with Crippen molar-refractivity contribution in [3.8, 4) is 0 Å². The molecule has 4 amide bonds. The van der Waals surface area contributed by atoms with Gasteiger partial charge in [0.25, 0.3) is 0 Å². The lowest BCUT2D eigenvalue weighted by Crippen LogP contribution is -2.52. The Labute approximate surface area is 159 Å². The zero-order valence-electron chi connectivity index (χ0n) is 15.1. The first kappa shape index (κ1) is 20.0. The van der Waals surface area contributed by atoms with Crippen LogP contribution >= 0.6 is 0 Å². The van der Waals surface area contributed by atoms with E-state index in [0.717, 1.165) is 17.7 Å². The molecule has 0 aromatic heterocycles. The van der Waals surface area contributed by atoms with E-state index in [1.807, 2.05) is 0 Å². The minimum atomic E-state index is -4.53. The van der Waals surface area contributed by atoms with E-state index in [0.29, 0.717) is 11.4 Å². The van der Waals surface area contributed by atoms with Crippen molar-refractivity contribution in [1.82, 2.24) is 9.80 Å². The molecule has 1 aromatic rings. The number of urea groups is 1. The number of nitrogens with zero attached hydrogens (tertiary/aromatic N) is 2. The number of carbonyl (C=O) groups excluding carboxylic acids is 3. The van der Waals surface area contributed by atoms with Gasteiger partial charge < -0.3 is 20.4 Å². The van der Waals surface area contributed by atoms with E-state index in [1.165, 1.54) is 4.90 Å². The highest BCUT2D eigenvalue weighted by molar-refractivity contribution is 5.94. The molecule has 7 nitrogen and oxygen atoms in total. The van der Waals surface area contributed by atoms with Crippen molar-refractivity contribution in [1.29, 1.82) is 0 Å². The number of carbonyl (C=O) groups is 3. The van der Waals surface area contributed by atoms with Gasteiger partial charge in [0.15, 0.2) is 0 Å². The van der Waals surface area contributed by atoms with E-state index in [2.05, 4.69) is 10.6 Å². The molecule has 0 unspecified atom stereocenters. The number of halogens is 3. The Bertz CT molecular complexity index is 739. The van der Waals surface area contributed by atoms with Gasteiger partial charge in [0.1, 0.15) is 6.42 Å². The molecule has 1 saturated heterocycles. The molecule has 0 radical (unpaired) electrons. The lowest BCUT2D eigenvalue weighted by atomic mass is 10.2. The number of hydrogen-bond acceptors (Lipinski definition) is 3. The minimum Gasteiger partial charge on any atom is -0.339 e. The van der Waals surface area contributed by atoms with Crippen molar-refractivity contribution < 1.29 is 27.6 Å². The molecule has 0 atom stereocenters. The first-order valence-corrected chi connectivity index (χ1v) is 9.03. The molecule has 1 aromatic carbocycles. The first-order chi connectivity index (χ1) is 13.2. The number of piperazine rings is 1. The Balaban J connectivity index is 1.45. The smallest absolute Gasteiger partial charge is 0.339 e. The molecule has 2 N–H and O–H groups in total. The maximum Gasteiger partial charge on any atom is 0.397 e. The lowest BCUT2D eigenvalue weighted by molar-refractivity contribution is -0.162. The van der Waals surface area contributed by atoms with Crippen LogP contribution in [0.4, 0.5) is 29.3 Å². The molecule has 3 rings (SSSR count). The van der Waals surface area contributed by atoms with Gasteiger partial charge in [-0.25, -0.2) is 4.79 Å². The number of rotatable bonds is 4. The van der Waals surface area contributed by atoms with Crippen molar-refractivity contribution in [2.75, 3.05) is 36.8 Å². The molecule has 1 aliphatic carbocycles. The highest BCUT2D eigenvalue weighted by atomic mass is 19.4. The Hall–Kier alpha value is -2.78. The summed E-state index contributed by atoms with van der Waals surface area (Å²) in [5.41, 5.74) is 1.18. The van der Waals surface area contributed by atoms with E-state index in [9.17, 15) is 27.6 Å². The number of amides is 4. The minimum absolute atomic E-state index is 0.00488. The summed E-state index contributed by atoms with van der Waals surface area (Å²) in [7, 11) is 0. The summed E-state index contributed by atoms with van der Waals surface area (Å²) in [4.78, 5) is 38.2. The summed E-state index contributed by atoms with van der Waals surface area (Å²) in [5, 5.41) is 5.50. The molecule has 0 spiro atoms. The quantitative estimate of drug-likeness (QED) is 0.818. The molecule has 28 heavy (non-hydrogen) atoms. The fourth-order valence-electron chi connectivity index (χ4n) is 2.87. The fourth-order valence-corrected chi connectivity index (χ4v) is 2.87. The predicted molar refractivity (Wildman–Crippen MR) is 95.6 cm³/mol. The van der Waals surface area contributed by atoms with Gasteiger partial charge in [-0.15, -0.1) is 0 Å². The largest absolute Gasteiger partial charge is 0.397 e. The van der Waals surface area contributed by atoms with Crippen LogP contribution in [0.1, 0.15) is 19.3 Å². The zero-order chi connectivity index (χ0) is 20.3. The van der Waals surface area contributed by atoms with Crippen molar-refractivity contribution in [3.63, 3.8) is 0 Å². The average molecular weight is 398 g/mol. The Kier molecular flexibility index (Phi) is 5.76. The molecule has 10 heteroatoms. The van der Waals surface area contributed by atoms with Gasteiger partial charge in [-0.05, 0) is 37.1 Å². The summed E-state index contributed by atoms with van der Waals surface area (Å²) >= 11 is 0. The van der Waals surface area contributed by atoms with Crippen LogP contribution in [0.5, 0.6) is 0 Å². The second kappa shape index (κ2) is 8.07. The van der Waals surface area contributed by atoms with Crippen molar-refractivity contribution in [2.45, 2.75) is 25.4 Å². The average Bonchev–Trinajstić information content (AvgIpc) is 3.47. The van der Waals surface area contributed by atoms with Gasteiger partial charge in [-0.3, -0.25) is 9.59 Å². The maximum absolute atomic E-state index is 12.3. The molecule has 2 aliphatic rings. The number of hydrogen-bond donors (Lipinski definition) is 2. The van der Waals surface area contributed by atoms with Crippen LogP contribution in [0.15, 0.2) is 24.3 Å². The molecule has 152 valence electrons. The fraction of sp³-hybridized carbons (Fsp3) is 0.500. The monoisotopic (exact) mass is 398 g/mol. The third kappa shape index (κ3) is 5.61. The van der Waals surface area contributed by atoms with Gasteiger partial charge in [-0.2, -0.15) is 13.2 Å². The molecular formula is C18H21F3N4O3. The number of benzene rings is 1. The summed E-state index contributed by atoms with van der Waals surface area (Å²) in [6.45, 7) is 0.443. The third-order valence-electron chi connectivity index (χ3n) is 4.62. The molecule has 1 heterocycles. The number of alkyl halides is 3. The highest BCUT2D eigenvalue weighted by Gasteiger charge is 2.35. The summed E-state index contributed by atoms with van der Waals surface area (Å²) in [6.07, 6.45) is -4.19. The summed E-state index contributed by atoms with van der Waals surface area (Å²) < 4.78 is 36.9. The lowest BCUT2D eigenvalue weighted by Gasteiger charge is -2.34. The van der Waals surface area contributed by atoms with Crippen LogP contribution in [0.3, 0.4) is 0 Å². The van der Waals surface area contributed by atoms with Gasteiger partial charge in [0.2, 0.25) is 11.8 Å². The highest BCUT2D eigenvalue weighted by Crippen LogP contribution is 2.30. The topological polar surface area (TPSA) is 81.8 Å². The Morgan fingerprint density at radius 2 is 1.39 bits per heavy atom. The van der Waals surface area contributed by atoms with Crippen LogP contribution in [-0.4, -0.2) is 60.0 Å². The molecule has 1 aliphatic heterocycles. The van der Waals surface area contributed by atoms with Crippen LogP contribution in [0.2, 0.25) is 0 Å². The van der Waals surface area contributed by atoms with Crippen molar-refractivity contribution >= 4 is 29.2 Å². The van der Waals surface area contributed by atoms with Gasteiger partial charge in [-0.1, -0.05) is 0 Å². The molecule has 0 bridgehead atoms. The van der Waals surface area contributed by atoms with E-state index >= 15 is 0 Å². The van der Waals surface area contributed by atoms with E-state index in [4.69, 9.17) is 0 Å². The molecular weight excluding hydrogens is 377 g/mol. The zero-order valence-corrected chi connectivity index (χ0v) is 15.1. The molecule has 2 fully saturated rings. The van der Waals surface area contributed by atoms with E-state index in [1.54, 1.807) is 24.3 Å². The maximum atomic E-state index is 12.3. The van der Waals surface area contributed by atoms with Crippen LogP contribution in [-0.2, 0) is 9.59 Å². The SMILES string of the molecule is O=C(Nc1ccc(NC(=O)N2CCN(C(=O)CC(F)(F)F)CC2)cc1)C1CC1. The predicted octanol–water partition coefficient (Wildman–Crippen LogP) is 2.66. The molecule has 1 saturated carbocycles. The van der Waals surface area contributed by atoms with Crippen LogP contribution < -0.4 is 10.6 Å². The first-order valence-electron chi connectivity index (χ1n) is 9.03. The normalized spacial score (nSPS) is 17.2.